The average Bonchev–Trinajstić information content (AvgIpc) is 2.88. The van der Waals surface area contributed by atoms with Crippen LogP contribution in [0.4, 0.5) is 10.5 Å². The molecule has 0 unspecified atom stereocenters. The quantitative estimate of drug-likeness (QED) is 0.475. The van der Waals surface area contributed by atoms with E-state index in [0.717, 1.165) is 61.3 Å². The minimum Gasteiger partial charge on any atom is -0.490 e. The van der Waals surface area contributed by atoms with E-state index in [1.165, 1.54) is 10.5 Å². The van der Waals surface area contributed by atoms with E-state index in [2.05, 4.69) is 24.0 Å². The number of ether oxygens (including phenoxy) is 1. The van der Waals surface area contributed by atoms with Crippen LogP contribution < -0.4 is 9.64 Å². The lowest BCUT2D eigenvalue weighted by Crippen LogP contribution is -2.53. The van der Waals surface area contributed by atoms with Crippen molar-refractivity contribution in [2.24, 2.45) is 5.92 Å². The van der Waals surface area contributed by atoms with Crippen molar-refractivity contribution in [3.05, 3.63) is 59.2 Å². The topological polar surface area (TPSA) is 93.6 Å². The third-order valence-corrected chi connectivity index (χ3v) is 8.26. The molecular formula is C32H45N3O5. The molecule has 1 saturated carbocycles. The number of piperazine rings is 1. The van der Waals surface area contributed by atoms with Crippen molar-refractivity contribution in [3.63, 3.8) is 0 Å². The number of benzene rings is 2. The van der Waals surface area contributed by atoms with Crippen LogP contribution in [-0.2, 0) is 17.8 Å². The van der Waals surface area contributed by atoms with Gasteiger partial charge in [0.05, 0.1) is 11.7 Å². The van der Waals surface area contributed by atoms with Crippen LogP contribution in [0.2, 0.25) is 0 Å². The molecule has 4 rings (SSSR count). The van der Waals surface area contributed by atoms with Crippen LogP contribution in [0.1, 0.15) is 63.1 Å². The maximum atomic E-state index is 13.4. The highest BCUT2D eigenvalue weighted by molar-refractivity contribution is 5.94. The van der Waals surface area contributed by atoms with E-state index >= 15 is 0 Å². The fourth-order valence-electron chi connectivity index (χ4n) is 6.02. The Morgan fingerprint density at radius 1 is 1.07 bits per heavy atom. The van der Waals surface area contributed by atoms with Gasteiger partial charge in [0.15, 0.2) is 0 Å². The number of carbonyl (C=O) groups excluding carboxylic acids is 1. The molecule has 40 heavy (non-hydrogen) atoms. The number of aryl methyl sites for hydroxylation is 1. The summed E-state index contributed by atoms with van der Waals surface area (Å²) in [6, 6.07) is 14.1. The molecule has 8 nitrogen and oxygen atoms in total. The Morgan fingerprint density at radius 2 is 1.80 bits per heavy atom. The van der Waals surface area contributed by atoms with Gasteiger partial charge in [-0.15, -0.1) is 0 Å². The average molecular weight is 552 g/mol. The van der Waals surface area contributed by atoms with E-state index in [1.807, 2.05) is 44.3 Å². The van der Waals surface area contributed by atoms with Crippen molar-refractivity contribution in [1.29, 1.82) is 0 Å². The van der Waals surface area contributed by atoms with Gasteiger partial charge in [-0.2, -0.15) is 0 Å². The molecule has 218 valence electrons. The van der Waals surface area contributed by atoms with Gasteiger partial charge in [-0.3, -0.25) is 9.69 Å². The predicted molar refractivity (Wildman–Crippen MR) is 157 cm³/mol. The first-order valence-corrected chi connectivity index (χ1v) is 14.5. The molecule has 2 N–H and O–H groups in total. The summed E-state index contributed by atoms with van der Waals surface area (Å²) in [5, 5.41) is 19.4. The van der Waals surface area contributed by atoms with Gasteiger partial charge in [0.1, 0.15) is 5.75 Å². The Morgan fingerprint density at radius 3 is 2.42 bits per heavy atom. The van der Waals surface area contributed by atoms with Gasteiger partial charge in [0, 0.05) is 57.3 Å². The molecular weight excluding hydrogens is 506 g/mol. The molecule has 2 aromatic carbocycles. The smallest absolute Gasteiger partial charge is 0.407 e. The van der Waals surface area contributed by atoms with E-state index in [9.17, 15) is 19.8 Å². The SMILES string of the molecule is Cc1cc(N(C)C(=O)C2CCC(Oc3cccc(CC(C)(C)O)c3)CC2)ccc1CN1CCN(C(=O)O)[C@@H](C)C1. The summed E-state index contributed by atoms with van der Waals surface area (Å²) in [6.45, 7) is 10.4. The van der Waals surface area contributed by atoms with Gasteiger partial charge in [-0.05, 0) is 94.3 Å². The van der Waals surface area contributed by atoms with Crippen molar-refractivity contribution in [2.45, 2.75) is 84.1 Å². The summed E-state index contributed by atoms with van der Waals surface area (Å²) in [5.41, 5.74) is 3.52. The zero-order valence-electron chi connectivity index (χ0n) is 24.6. The van der Waals surface area contributed by atoms with Crippen LogP contribution in [0, 0.1) is 12.8 Å². The monoisotopic (exact) mass is 551 g/mol. The first-order chi connectivity index (χ1) is 18.9. The van der Waals surface area contributed by atoms with Crippen molar-refractivity contribution < 1.29 is 24.5 Å². The highest BCUT2D eigenvalue weighted by atomic mass is 16.5. The van der Waals surface area contributed by atoms with Crippen molar-refractivity contribution in [1.82, 2.24) is 9.80 Å². The standard InChI is InChI=1S/C32H45N3O5/c1-22-17-27(12-9-26(22)21-34-15-16-35(31(37)38)23(2)20-34)33(5)30(36)25-10-13-28(14-11-25)40-29-8-6-7-24(18-29)19-32(3,4)39/h6-9,12,17-18,23,25,28,39H,10-11,13-16,19-21H2,1-5H3,(H,37,38)/t23-,25?,28?/m0/s1. The van der Waals surface area contributed by atoms with Gasteiger partial charge in [0.2, 0.25) is 5.91 Å². The molecule has 1 atom stereocenters. The molecule has 0 aromatic heterocycles. The third-order valence-electron chi connectivity index (χ3n) is 8.26. The first kappa shape index (κ1) is 29.9. The fraction of sp³-hybridized carbons (Fsp3) is 0.562. The van der Waals surface area contributed by atoms with E-state index in [1.54, 1.807) is 18.7 Å². The van der Waals surface area contributed by atoms with Gasteiger partial charge >= 0.3 is 6.09 Å². The van der Waals surface area contributed by atoms with Gasteiger partial charge in [-0.25, -0.2) is 4.79 Å². The maximum absolute atomic E-state index is 13.4. The summed E-state index contributed by atoms with van der Waals surface area (Å²) >= 11 is 0. The largest absolute Gasteiger partial charge is 0.490 e. The molecule has 1 aliphatic heterocycles. The van der Waals surface area contributed by atoms with Gasteiger partial charge < -0.3 is 24.7 Å². The predicted octanol–water partition coefficient (Wildman–Crippen LogP) is 5.09. The second-order valence-electron chi connectivity index (χ2n) is 12.3. The number of anilines is 1. The lowest BCUT2D eigenvalue weighted by atomic mass is 9.86. The second kappa shape index (κ2) is 12.6. The van der Waals surface area contributed by atoms with Crippen LogP contribution in [0.15, 0.2) is 42.5 Å². The number of carboxylic acid groups (broad SMARTS) is 1. The van der Waals surface area contributed by atoms with Crippen molar-refractivity contribution in [2.75, 3.05) is 31.6 Å². The summed E-state index contributed by atoms with van der Waals surface area (Å²) in [4.78, 5) is 30.3. The molecule has 2 aromatic rings. The van der Waals surface area contributed by atoms with Gasteiger partial charge in [-0.1, -0.05) is 18.2 Å². The van der Waals surface area contributed by atoms with Crippen LogP contribution in [0.3, 0.4) is 0 Å². The highest BCUT2D eigenvalue weighted by Gasteiger charge is 2.30. The number of amides is 2. The van der Waals surface area contributed by atoms with E-state index in [4.69, 9.17) is 4.74 Å². The van der Waals surface area contributed by atoms with E-state index in [-0.39, 0.29) is 24.0 Å². The first-order valence-electron chi connectivity index (χ1n) is 14.5. The molecule has 1 saturated heterocycles. The Kier molecular flexibility index (Phi) is 9.41. The van der Waals surface area contributed by atoms with E-state index < -0.39 is 11.7 Å². The zero-order chi connectivity index (χ0) is 29.0. The molecule has 1 heterocycles. The van der Waals surface area contributed by atoms with Crippen molar-refractivity contribution >= 4 is 17.7 Å². The number of rotatable bonds is 8. The summed E-state index contributed by atoms with van der Waals surface area (Å²) in [7, 11) is 1.86. The normalized spacial score (nSPS) is 22.1. The van der Waals surface area contributed by atoms with E-state index in [0.29, 0.717) is 19.5 Å². The van der Waals surface area contributed by atoms with Crippen LogP contribution >= 0.6 is 0 Å². The van der Waals surface area contributed by atoms with Crippen LogP contribution in [-0.4, -0.2) is 76.4 Å². The number of nitrogens with zero attached hydrogens (tertiary/aromatic N) is 3. The number of hydrogen-bond donors (Lipinski definition) is 2. The van der Waals surface area contributed by atoms with Crippen LogP contribution in [0.25, 0.3) is 0 Å². The maximum Gasteiger partial charge on any atom is 0.407 e. The number of aliphatic hydroxyl groups is 1. The minimum absolute atomic E-state index is 0.0154. The summed E-state index contributed by atoms with van der Waals surface area (Å²) in [6.07, 6.45) is 3.09. The molecule has 2 amide bonds. The minimum atomic E-state index is -0.852. The summed E-state index contributed by atoms with van der Waals surface area (Å²) in [5.74, 6) is 0.956. The fourth-order valence-corrected chi connectivity index (χ4v) is 6.02. The highest BCUT2D eigenvalue weighted by Crippen LogP contribution is 2.31. The molecule has 8 heteroatoms. The number of hydrogen-bond acceptors (Lipinski definition) is 5. The lowest BCUT2D eigenvalue weighted by Gasteiger charge is -2.38. The Labute approximate surface area is 238 Å². The molecule has 2 aliphatic rings. The molecule has 0 spiro atoms. The molecule has 2 fully saturated rings. The lowest BCUT2D eigenvalue weighted by molar-refractivity contribution is -0.123. The molecule has 0 radical (unpaired) electrons. The molecule has 1 aliphatic carbocycles. The van der Waals surface area contributed by atoms with Gasteiger partial charge in [0.25, 0.3) is 0 Å². The van der Waals surface area contributed by atoms with Crippen LogP contribution in [0.5, 0.6) is 5.75 Å². The Balaban J connectivity index is 1.28. The van der Waals surface area contributed by atoms with Crippen molar-refractivity contribution in [3.8, 4) is 5.75 Å². The molecule has 0 bridgehead atoms. The number of carbonyl (C=O) groups is 2. The zero-order valence-corrected chi connectivity index (χ0v) is 24.6. The second-order valence-corrected chi connectivity index (χ2v) is 12.3. The Hall–Kier alpha value is -3.10. The summed E-state index contributed by atoms with van der Waals surface area (Å²) < 4.78 is 6.26. The third kappa shape index (κ3) is 7.76. The Bertz CT molecular complexity index is 1190.